The molecule has 0 spiro atoms. The molecule has 8 rings (SSSR count). The lowest BCUT2D eigenvalue weighted by molar-refractivity contribution is 0.591. The van der Waals surface area contributed by atoms with Gasteiger partial charge in [-0.2, -0.15) is 0 Å². The summed E-state index contributed by atoms with van der Waals surface area (Å²) in [5.41, 5.74) is 11.0. The molecule has 0 N–H and O–H groups in total. The maximum Gasteiger partial charge on any atom is 0.0541 e. The second-order valence-corrected chi connectivity index (χ2v) is 12.3. The van der Waals surface area contributed by atoms with Crippen LogP contribution in [0.25, 0.3) is 66.1 Å². The van der Waals surface area contributed by atoms with E-state index < -0.39 is 0 Å². The van der Waals surface area contributed by atoms with Gasteiger partial charge < -0.3 is 9.13 Å². The van der Waals surface area contributed by atoms with Gasteiger partial charge in [-0.05, 0) is 70.6 Å². The standard InChI is InChI=1S/C40H32N2/c1-40(2,3)29-21-22-39-35(25-29)34-17-9-12-20-38(34)42(39)31-24-28(27-13-5-4-6-14-27)23-30(26-31)41-36-18-10-7-15-32(36)33-16-8-11-19-37(33)41/h4-26H,1-3H3. The zero-order valence-corrected chi connectivity index (χ0v) is 24.2. The Morgan fingerprint density at radius 2 is 0.833 bits per heavy atom. The Morgan fingerprint density at radius 1 is 0.381 bits per heavy atom. The quantitative estimate of drug-likeness (QED) is 0.211. The van der Waals surface area contributed by atoms with Crippen LogP contribution in [0, 0.1) is 0 Å². The number of nitrogens with zero attached hydrogens (tertiary/aromatic N) is 2. The summed E-state index contributed by atoms with van der Waals surface area (Å²) in [6.45, 7) is 6.86. The minimum Gasteiger partial charge on any atom is -0.309 e. The zero-order chi connectivity index (χ0) is 28.4. The largest absolute Gasteiger partial charge is 0.309 e. The topological polar surface area (TPSA) is 9.86 Å². The van der Waals surface area contributed by atoms with Gasteiger partial charge in [-0.1, -0.05) is 112 Å². The van der Waals surface area contributed by atoms with Gasteiger partial charge in [-0.15, -0.1) is 0 Å². The fourth-order valence-electron chi connectivity index (χ4n) is 6.57. The summed E-state index contributed by atoms with van der Waals surface area (Å²) >= 11 is 0. The van der Waals surface area contributed by atoms with E-state index in [0.29, 0.717) is 0 Å². The smallest absolute Gasteiger partial charge is 0.0541 e. The summed E-state index contributed by atoms with van der Waals surface area (Å²) in [7, 11) is 0. The number of aromatic nitrogens is 2. The summed E-state index contributed by atoms with van der Waals surface area (Å²) in [6, 6.07) is 51.1. The fourth-order valence-corrected chi connectivity index (χ4v) is 6.57. The molecule has 6 aromatic carbocycles. The molecule has 0 atom stereocenters. The Hall–Kier alpha value is -5.08. The minimum absolute atomic E-state index is 0.0777. The average Bonchev–Trinajstić information content (AvgIpc) is 3.54. The van der Waals surface area contributed by atoms with Crippen molar-refractivity contribution in [3.63, 3.8) is 0 Å². The Kier molecular flexibility index (Phi) is 5.42. The van der Waals surface area contributed by atoms with Crippen molar-refractivity contribution in [1.29, 1.82) is 0 Å². The van der Waals surface area contributed by atoms with Crippen LogP contribution in [0.4, 0.5) is 0 Å². The highest BCUT2D eigenvalue weighted by atomic mass is 15.0. The molecule has 0 fully saturated rings. The highest BCUT2D eigenvalue weighted by molar-refractivity contribution is 6.11. The van der Waals surface area contributed by atoms with E-state index >= 15 is 0 Å². The molecule has 0 radical (unpaired) electrons. The first-order valence-electron chi connectivity index (χ1n) is 14.7. The van der Waals surface area contributed by atoms with Crippen molar-refractivity contribution >= 4 is 43.6 Å². The lowest BCUT2D eigenvalue weighted by atomic mass is 9.86. The van der Waals surface area contributed by atoms with E-state index in [0.717, 1.165) is 11.4 Å². The maximum absolute atomic E-state index is 2.45. The first-order chi connectivity index (χ1) is 20.5. The molecule has 0 amide bonds. The van der Waals surface area contributed by atoms with Crippen LogP contribution >= 0.6 is 0 Å². The van der Waals surface area contributed by atoms with Crippen molar-refractivity contribution in [1.82, 2.24) is 9.13 Å². The fraction of sp³-hybridized carbons (Fsp3) is 0.100. The van der Waals surface area contributed by atoms with Gasteiger partial charge >= 0.3 is 0 Å². The highest BCUT2D eigenvalue weighted by Crippen LogP contribution is 2.38. The van der Waals surface area contributed by atoms with E-state index in [4.69, 9.17) is 0 Å². The predicted octanol–water partition coefficient (Wildman–Crippen LogP) is 10.8. The van der Waals surface area contributed by atoms with Crippen molar-refractivity contribution in [3.05, 3.63) is 145 Å². The second kappa shape index (κ2) is 9.22. The Morgan fingerprint density at radius 3 is 1.36 bits per heavy atom. The molecule has 0 aliphatic heterocycles. The molecular weight excluding hydrogens is 508 g/mol. The number of fused-ring (bicyclic) bond motifs is 6. The SMILES string of the molecule is CC(C)(C)c1ccc2c(c1)c1ccccc1n2-c1cc(-c2ccccc2)cc(-n2c3ccccc3c3ccccc32)c1. The van der Waals surface area contributed by atoms with Crippen LogP contribution in [0.2, 0.25) is 0 Å². The minimum atomic E-state index is 0.0777. The van der Waals surface area contributed by atoms with Crippen molar-refractivity contribution in [2.24, 2.45) is 0 Å². The molecule has 2 heterocycles. The zero-order valence-electron chi connectivity index (χ0n) is 24.2. The monoisotopic (exact) mass is 540 g/mol. The lowest BCUT2D eigenvalue weighted by Crippen LogP contribution is -2.10. The third kappa shape index (κ3) is 3.79. The van der Waals surface area contributed by atoms with Crippen LogP contribution in [0.3, 0.4) is 0 Å². The Labute approximate surface area is 246 Å². The van der Waals surface area contributed by atoms with Crippen molar-refractivity contribution < 1.29 is 0 Å². The molecule has 202 valence electrons. The Balaban J connectivity index is 1.48. The summed E-state index contributed by atoms with van der Waals surface area (Å²) in [4.78, 5) is 0. The van der Waals surface area contributed by atoms with E-state index in [1.54, 1.807) is 0 Å². The third-order valence-electron chi connectivity index (χ3n) is 8.64. The summed E-state index contributed by atoms with van der Waals surface area (Å²) in [5, 5.41) is 5.11. The van der Waals surface area contributed by atoms with Crippen molar-refractivity contribution in [2.45, 2.75) is 26.2 Å². The van der Waals surface area contributed by atoms with E-state index in [9.17, 15) is 0 Å². The molecule has 0 saturated carbocycles. The van der Waals surface area contributed by atoms with Crippen molar-refractivity contribution in [3.8, 4) is 22.5 Å². The summed E-state index contributed by atoms with van der Waals surface area (Å²) in [6.07, 6.45) is 0. The van der Waals surface area contributed by atoms with Crippen LogP contribution < -0.4 is 0 Å². The number of hydrogen-bond donors (Lipinski definition) is 0. The molecule has 2 nitrogen and oxygen atoms in total. The van der Waals surface area contributed by atoms with Crippen LogP contribution in [-0.4, -0.2) is 9.13 Å². The molecular formula is C40H32N2. The van der Waals surface area contributed by atoms with Gasteiger partial charge in [0.2, 0.25) is 0 Å². The molecule has 2 heteroatoms. The van der Waals surface area contributed by atoms with E-state index in [1.807, 2.05) is 0 Å². The van der Waals surface area contributed by atoms with Crippen LogP contribution in [0.15, 0.2) is 140 Å². The maximum atomic E-state index is 2.45. The molecule has 8 aromatic rings. The summed E-state index contributed by atoms with van der Waals surface area (Å²) in [5.74, 6) is 0. The van der Waals surface area contributed by atoms with E-state index in [1.165, 1.54) is 60.3 Å². The third-order valence-corrected chi connectivity index (χ3v) is 8.64. The molecule has 0 unspecified atom stereocenters. The normalized spacial score (nSPS) is 12.2. The van der Waals surface area contributed by atoms with Gasteiger partial charge in [-0.3, -0.25) is 0 Å². The second-order valence-electron chi connectivity index (χ2n) is 12.3. The molecule has 0 aliphatic carbocycles. The molecule has 0 bridgehead atoms. The van der Waals surface area contributed by atoms with Crippen LogP contribution in [-0.2, 0) is 5.41 Å². The number of hydrogen-bond acceptors (Lipinski definition) is 0. The Bertz CT molecular complexity index is 2220. The first-order valence-corrected chi connectivity index (χ1v) is 14.7. The van der Waals surface area contributed by atoms with Gasteiger partial charge in [0, 0.05) is 32.9 Å². The number of benzene rings is 6. The number of para-hydroxylation sites is 3. The molecule has 0 aliphatic rings. The van der Waals surface area contributed by atoms with Crippen LogP contribution in [0.5, 0.6) is 0 Å². The highest BCUT2D eigenvalue weighted by Gasteiger charge is 2.19. The first kappa shape index (κ1) is 24.7. The van der Waals surface area contributed by atoms with Gasteiger partial charge in [0.05, 0.1) is 22.1 Å². The molecule has 42 heavy (non-hydrogen) atoms. The van der Waals surface area contributed by atoms with Gasteiger partial charge in [0.25, 0.3) is 0 Å². The van der Waals surface area contributed by atoms with Crippen LogP contribution in [0.1, 0.15) is 26.3 Å². The lowest BCUT2D eigenvalue weighted by Gasteiger charge is -2.19. The van der Waals surface area contributed by atoms with Gasteiger partial charge in [0.1, 0.15) is 0 Å². The van der Waals surface area contributed by atoms with Gasteiger partial charge in [-0.25, -0.2) is 0 Å². The molecule has 0 saturated heterocycles. The van der Waals surface area contributed by atoms with E-state index in [-0.39, 0.29) is 5.41 Å². The average molecular weight is 541 g/mol. The van der Waals surface area contributed by atoms with Crippen molar-refractivity contribution in [2.75, 3.05) is 0 Å². The number of rotatable bonds is 3. The summed E-state index contributed by atoms with van der Waals surface area (Å²) < 4.78 is 4.87. The molecule has 2 aromatic heterocycles. The van der Waals surface area contributed by atoms with Gasteiger partial charge in [0.15, 0.2) is 0 Å². The predicted molar refractivity (Wildman–Crippen MR) is 179 cm³/mol. The van der Waals surface area contributed by atoms with E-state index in [2.05, 4.69) is 169 Å².